The predicted molar refractivity (Wildman–Crippen MR) is 68.7 cm³/mol. The molecule has 1 rings (SSSR count). The maximum absolute atomic E-state index is 12.1. The quantitative estimate of drug-likeness (QED) is 0.792. The Labute approximate surface area is 108 Å². The maximum atomic E-state index is 12.1. The van der Waals surface area contributed by atoms with Gasteiger partial charge in [0.25, 0.3) is 10.0 Å². The first kappa shape index (κ1) is 15.1. The molecule has 1 aromatic rings. The minimum Gasteiger partial charge on any atom is -0.395 e. The van der Waals surface area contributed by atoms with Crippen molar-refractivity contribution in [3.8, 4) is 0 Å². The van der Waals surface area contributed by atoms with Crippen molar-refractivity contribution in [2.75, 3.05) is 6.61 Å². The molecule has 0 aliphatic carbocycles. The van der Waals surface area contributed by atoms with Crippen molar-refractivity contribution < 1.29 is 13.5 Å². The molecule has 1 atom stereocenters. The van der Waals surface area contributed by atoms with E-state index in [1.54, 1.807) is 11.5 Å². The lowest BCUT2D eigenvalue weighted by Gasteiger charge is -2.18. The minimum atomic E-state index is -3.67. The van der Waals surface area contributed by atoms with Crippen LogP contribution in [0.5, 0.6) is 0 Å². The Morgan fingerprint density at radius 2 is 2.11 bits per heavy atom. The summed E-state index contributed by atoms with van der Waals surface area (Å²) in [5, 5.41) is 9.16. The van der Waals surface area contributed by atoms with E-state index < -0.39 is 16.1 Å². The van der Waals surface area contributed by atoms with Crippen LogP contribution >= 0.6 is 0 Å². The molecule has 6 nitrogen and oxygen atoms in total. The highest BCUT2D eigenvalue weighted by molar-refractivity contribution is 7.89. The molecule has 0 fully saturated rings. The summed E-state index contributed by atoms with van der Waals surface area (Å²) in [6, 6.07) is -0.498. The normalized spacial score (nSPS) is 14.1. The van der Waals surface area contributed by atoms with Crippen LogP contribution in [-0.4, -0.2) is 35.7 Å². The van der Waals surface area contributed by atoms with E-state index in [1.807, 2.05) is 20.8 Å². The van der Waals surface area contributed by atoms with E-state index in [0.29, 0.717) is 12.4 Å². The first-order chi connectivity index (χ1) is 8.31. The average molecular weight is 275 g/mol. The summed E-state index contributed by atoms with van der Waals surface area (Å²) in [7, 11) is -3.67. The Morgan fingerprint density at radius 1 is 1.50 bits per heavy atom. The second-order valence-electron chi connectivity index (χ2n) is 4.57. The summed E-state index contributed by atoms with van der Waals surface area (Å²) < 4.78 is 28.4. The second kappa shape index (κ2) is 5.81. The van der Waals surface area contributed by atoms with Gasteiger partial charge >= 0.3 is 0 Å². The van der Waals surface area contributed by atoms with Gasteiger partial charge in [-0.3, -0.25) is 0 Å². The molecule has 1 heterocycles. The second-order valence-corrected chi connectivity index (χ2v) is 6.23. The number of aryl methyl sites for hydroxylation is 2. The lowest BCUT2D eigenvalue weighted by molar-refractivity contribution is 0.227. The highest BCUT2D eigenvalue weighted by Gasteiger charge is 2.24. The van der Waals surface area contributed by atoms with Crippen LogP contribution in [0.15, 0.2) is 11.2 Å². The summed E-state index contributed by atoms with van der Waals surface area (Å²) in [5.74, 6) is 0.669. The summed E-state index contributed by atoms with van der Waals surface area (Å²) in [4.78, 5) is 4.03. The molecule has 0 spiro atoms. The topological polar surface area (TPSA) is 84.2 Å². The van der Waals surface area contributed by atoms with Crippen molar-refractivity contribution >= 4 is 10.0 Å². The summed E-state index contributed by atoms with van der Waals surface area (Å²) in [6.07, 6.45) is 1.51. The smallest absolute Gasteiger partial charge is 0.259 e. The molecule has 104 valence electrons. The van der Waals surface area contributed by atoms with Crippen molar-refractivity contribution in [2.45, 2.75) is 45.3 Å². The fourth-order valence-electron chi connectivity index (χ4n) is 1.57. The molecular weight excluding hydrogens is 254 g/mol. The molecule has 0 saturated heterocycles. The Balaban J connectivity index is 2.98. The SMILES string of the molecule is CCn1cc(S(=O)(=O)NC(CO)C(C)C)nc1C. The van der Waals surface area contributed by atoms with E-state index in [0.717, 1.165) is 0 Å². The van der Waals surface area contributed by atoms with Gasteiger partial charge in [0.15, 0.2) is 5.03 Å². The highest BCUT2D eigenvalue weighted by atomic mass is 32.2. The third-order valence-electron chi connectivity index (χ3n) is 2.88. The average Bonchev–Trinajstić information content (AvgIpc) is 2.68. The van der Waals surface area contributed by atoms with Gasteiger partial charge in [0.2, 0.25) is 0 Å². The number of aliphatic hydroxyl groups is 1. The van der Waals surface area contributed by atoms with Crippen LogP contribution in [0.4, 0.5) is 0 Å². The van der Waals surface area contributed by atoms with E-state index >= 15 is 0 Å². The lowest BCUT2D eigenvalue weighted by atomic mass is 10.1. The number of imidazole rings is 1. The third kappa shape index (κ3) is 3.30. The molecule has 18 heavy (non-hydrogen) atoms. The Kier molecular flexibility index (Phi) is 4.89. The first-order valence-electron chi connectivity index (χ1n) is 5.98. The number of aromatic nitrogens is 2. The molecule has 1 unspecified atom stereocenters. The van der Waals surface area contributed by atoms with Crippen molar-refractivity contribution in [1.82, 2.24) is 14.3 Å². The zero-order valence-corrected chi connectivity index (χ0v) is 12.0. The van der Waals surface area contributed by atoms with Crippen LogP contribution in [0, 0.1) is 12.8 Å². The van der Waals surface area contributed by atoms with Crippen LogP contribution in [-0.2, 0) is 16.6 Å². The van der Waals surface area contributed by atoms with Gasteiger partial charge in [-0.15, -0.1) is 0 Å². The van der Waals surface area contributed by atoms with Gasteiger partial charge in [-0.05, 0) is 19.8 Å². The fraction of sp³-hybridized carbons (Fsp3) is 0.727. The van der Waals surface area contributed by atoms with Gasteiger partial charge in [0.05, 0.1) is 6.61 Å². The zero-order chi connectivity index (χ0) is 13.9. The summed E-state index contributed by atoms with van der Waals surface area (Å²) >= 11 is 0. The zero-order valence-electron chi connectivity index (χ0n) is 11.2. The Morgan fingerprint density at radius 3 is 2.50 bits per heavy atom. The van der Waals surface area contributed by atoms with E-state index in [2.05, 4.69) is 9.71 Å². The van der Waals surface area contributed by atoms with Crippen LogP contribution in [0.25, 0.3) is 0 Å². The van der Waals surface area contributed by atoms with E-state index in [-0.39, 0.29) is 17.6 Å². The Hall–Kier alpha value is -0.920. The largest absolute Gasteiger partial charge is 0.395 e. The first-order valence-corrected chi connectivity index (χ1v) is 7.47. The molecule has 0 bridgehead atoms. The predicted octanol–water partition coefficient (Wildman–Crippen LogP) is 0.507. The number of nitrogens with zero attached hydrogens (tertiary/aromatic N) is 2. The number of hydrogen-bond donors (Lipinski definition) is 2. The molecule has 0 aromatic carbocycles. The number of rotatable bonds is 6. The fourth-order valence-corrected chi connectivity index (χ4v) is 2.96. The monoisotopic (exact) mass is 275 g/mol. The van der Waals surface area contributed by atoms with Crippen LogP contribution < -0.4 is 4.72 Å². The van der Waals surface area contributed by atoms with E-state index in [4.69, 9.17) is 5.11 Å². The van der Waals surface area contributed by atoms with Crippen molar-refractivity contribution in [3.05, 3.63) is 12.0 Å². The van der Waals surface area contributed by atoms with Crippen molar-refractivity contribution in [3.63, 3.8) is 0 Å². The van der Waals surface area contributed by atoms with Gasteiger partial charge < -0.3 is 9.67 Å². The molecule has 1 aromatic heterocycles. The number of hydrogen-bond acceptors (Lipinski definition) is 4. The molecule has 0 saturated carbocycles. The number of sulfonamides is 1. The van der Waals surface area contributed by atoms with Crippen molar-refractivity contribution in [2.24, 2.45) is 5.92 Å². The Bertz CT molecular complexity index is 494. The maximum Gasteiger partial charge on any atom is 0.259 e. The third-order valence-corrected chi connectivity index (χ3v) is 4.24. The summed E-state index contributed by atoms with van der Waals surface area (Å²) in [5.41, 5.74) is 0. The van der Waals surface area contributed by atoms with Gasteiger partial charge in [0.1, 0.15) is 5.82 Å². The van der Waals surface area contributed by atoms with Gasteiger partial charge in [0, 0.05) is 18.8 Å². The van der Waals surface area contributed by atoms with Gasteiger partial charge in [-0.25, -0.2) is 18.1 Å². The molecule has 0 aliphatic heterocycles. The molecule has 2 N–H and O–H groups in total. The van der Waals surface area contributed by atoms with E-state index in [9.17, 15) is 8.42 Å². The van der Waals surface area contributed by atoms with Crippen LogP contribution in [0.1, 0.15) is 26.6 Å². The molecule has 0 amide bonds. The minimum absolute atomic E-state index is 0.000880. The molecule has 0 radical (unpaired) electrons. The van der Waals surface area contributed by atoms with Gasteiger partial charge in [-0.2, -0.15) is 0 Å². The van der Waals surface area contributed by atoms with E-state index in [1.165, 1.54) is 6.20 Å². The highest BCUT2D eigenvalue weighted by Crippen LogP contribution is 2.11. The molecule has 0 aliphatic rings. The number of aliphatic hydroxyl groups excluding tert-OH is 1. The lowest BCUT2D eigenvalue weighted by Crippen LogP contribution is -2.41. The number of nitrogens with one attached hydrogen (secondary N) is 1. The standard InChI is InChI=1S/C11H21N3O3S/c1-5-14-6-11(12-9(14)4)18(16,17)13-10(7-15)8(2)3/h6,8,10,13,15H,5,7H2,1-4H3. The van der Waals surface area contributed by atoms with Gasteiger partial charge in [-0.1, -0.05) is 13.8 Å². The van der Waals surface area contributed by atoms with Crippen molar-refractivity contribution in [1.29, 1.82) is 0 Å². The molecule has 7 heteroatoms. The van der Waals surface area contributed by atoms with Crippen LogP contribution in [0.3, 0.4) is 0 Å². The molecular formula is C11H21N3O3S. The summed E-state index contributed by atoms with van der Waals surface area (Å²) in [6.45, 7) is 7.81. The van der Waals surface area contributed by atoms with Crippen LogP contribution in [0.2, 0.25) is 0 Å².